The van der Waals surface area contributed by atoms with Crippen LogP contribution < -0.4 is 5.32 Å². The SMILES string of the molecule is O=C(Nc1ccccc1)N1C2CCC1CC(n1cccn1)C2. The molecule has 5 nitrogen and oxygen atoms in total. The number of benzene rings is 1. The zero-order valence-electron chi connectivity index (χ0n) is 12.4. The number of urea groups is 1. The number of hydrogen-bond acceptors (Lipinski definition) is 2. The molecule has 0 saturated carbocycles. The Balaban J connectivity index is 1.47. The number of rotatable bonds is 2. The molecule has 1 aromatic heterocycles. The Morgan fingerprint density at radius 1 is 1.05 bits per heavy atom. The summed E-state index contributed by atoms with van der Waals surface area (Å²) < 4.78 is 2.05. The van der Waals surface area contributed by atoms with Crippen molar-refractivity contribution in [3.8, 4) is 0 Å². The maximum absolute atomic E-state index is 12.6. The molecule has 1 aromatic carbocycles. The molecule has 1 N–H and O–H groups in total. The number of carbonyl (C=O) groups is 1. The van der Waals surface area contributed by atoms with Gasteiger partial charge in [0.05, 0.1) is 6.04 Å². The van der Waals surface area contributed by atoms with Crippen LogP contribution >= 0.6 is 0 Å². The molecule has 2 atom stereocenters. The van der Waals surface area contributed by atoms with Gasteiger partial charge < -0.3 is 10.2 Å². The molecular weight excluding hydrogens is 276 g/mol. The van der Waals surface area contributed by atoms with Crippen molar-refractivity contribution >= 4 is 11.7 Å². The molecule has 4 rings (SSSR count). The summed E-state index contributed by atoms with van der Waals surface area (Å²) in [4.78, 5) is 14.7. The van der Waals surface area contributed by atoms with E-state index in [-0.39, 0.29) is 6.03 Å². The molecule has 0 spiro atoms. The Morgan fingerprint density at radius 2 is 1.77 bits per heavy atom. The molecule has 114 valence electrons. The summed E-state index contributed by atoms with van der Waals surface area (Å²) in [5, 5.41) is 7.40. The molecule has 22 heavy (non-hydrogen) atoms. The quantitative estimate of drug-likeness (QED) is 0.924. The van der Waals surface area contributed by atoms with Crippen LogP contribution in [0.25, 0.3) is 0 Å². The van der Waals surface area contributed by atoms with E-state index in [0.29, 0.717) is 18.1 Å². The Morgan fingerprint density at radius 3 is 2.41 bits per heavy atom. The third-order valence-electron chi connectivity index (χ3n) is 4.87. The van der Waals surface area contributed by atoms with Crippen molar-refractivity contribution in [1.29, 1.82) is 0 Å². The number of piperidine rings is 1. The van der Waals surface area contributed by atoms with Gasteiger partial charge in [-0.15, -0.1) is 0 Å². The van der Waals surface area contributed by atoms with Crippen LogP contribution in [0.2, 0.25) is 0 Å². The number of aromatic nitrogens is 2. The van der Waals surface area contributed by atoms with Crippen LogP contribution in [0.15, 0.2) is 48.8 Å². The van der Waals surface area contributed by atoms with Crippen molar-refractivity contribution < 1.29 is 4.79 Å². The Kier molecular flexibility index (Phi) is 3.33. The lowest BCUT2D eigenvalue weighted by Crippen LogP contribution is -2.48. The van der Waals surface area contributed by atoms with E-state index in [2.05, 4.69) is 20.0 Å². The average molecular weight is 296 g/mol. The highest BCUT2D eigenvalue weighted by molar-refractivity contribution is 5.90. The number of para-hydroxylation sites is 1. The molecule has 5 heteroatoms. The molecule has 0 radical (unpaired) electrons. The topological polar surface area (TPSA) is 50.2 Å². The van der Waals surface area contributed by atoms with Gasteiger partial charge in [0, 0.05) is 30.2 Å². The third-order valence-corrected chi connectivity index (χ3v) is 4.87. The monoisotopic (exact) mass is 296 g/mol. The highest BCUT2D eigenvalue weighted by Gasteiger charge is 2.43. The molecule has 2 aliphatic heterocycles. The fraction of sp³-hybridized carbons (Fsp3) is 0.412. The van der Waals surface area contributed by atoms with E-state index in [1.807, 2.05) is 48.8 Å². The minimum atomic E-state index is 0.0395. The van der Waals surface area contributed by atoms with E-state index < -0.39 is 0 Å². The van der Waals surface area contributed by atoms with Gasteiger partial charge in [-0.3, -0.25) is 4.68 Å². The minimum absolute atomic E-state index is 0.0395. The van der Waals surface area contributed by atoms with Crippen molar-refractivity contribution in [2.24, 2.45) is 0 Å². The molecular formula is C17H20N4O. The van der Waals surface area contributed by atoms with Crippen molar-refractivity contribution in [2.45, 2.75) is 43.8 Å². The minimum Gasteiger partial charge on any atom is -0.318 e. The van der Waals surface area contributed by atoms with Gasteiger partial charge in [-0.1, -0.05) is 18.2 Å². The van der Waals surface area contributed by atoms with Gasteiger partial charge in [-0.05, 0) is 43.9 Å². The summed E-state index contributed by atoms with van der Waals surface area (Å²) in [5.74, 6) is 0. The summed E-state index contributed by atoms with van der Waals surface area (Å²) in [7, 11) is 0. The van der Waals surface area contributed by atoms with Gasteiger partial charge in [0.25, 0.3) is 0 Å². The van der Waals surface area contributed by atoms with Crippen molar-refractivity contribution in [2.75, 3.05) is 5.32 Å². The molecule has 2 unspecified atom stereocenters. The maximum Gasteiger partial charge on any atom is 0.322 e. The fourth-order valence-corrected chi connectivity index (χ4v) is 3.90. The number of amides is 2. The van der Waals surface area contributed by atoms with Crippen LogP contribution in [0.4, 0.5) is 10.5 Å². The second-order valence-electron chi connectivity index (χ2n) is 6.20. The highest BCUT2D eigenvalue weighted by atomic mass is 16.2. The van der Waals surface area contributed by atoms with Crippen LogP contribution in [0.1, 0.15) is 31.7 Å². The molecule has 3 heterocycles. The highest BCUT2D eigenvalue weighted by Crippen LogP contribution is 2.40. The Labute approximate surface area is 129 Å². The number of carbonyl (C=O) groups excluding carboxylic acids is 1. The predicted octanol–water partition coefficient (Wildman–Crippen LogP) is 3.28. The molecule has 2 aromatic rings. The second kappa shape index (κ2) is 5.48. The average Bonchev–Trinajstić information content (AvgIpc) is 3.15. The standard InChI is InChI=1S/C17H20N4O/c22-17(19-13-5-2-1-3-6-13)21-14-7-8-15(21)12-16(11-14)20-10-4-9-18-20/h1-6,9-10,14-16H,7-8,11-12H2,(H,19,22). The number of nitrogens with one attached hydrogen (secondary N) is 1. The van der Waals surface area contributed by atoms with Gasteiger partial charge in [-0.2, -0.15) is 5.10 Å². The van der Waals surface area contributed by atoms with E-state index in [1.54, 1.807) is 0 Å². The number of fused-ring (bicyclic) bond motifs is 2. The van der Waals surface area contributed by atoms with E-state index >= 15 is 0 Å². The molecule has 2 amide bonds. The fourth-order valence-electron chi connectivity index (χ4n) is 3.90. The summed E-state index contributed by atoms with van der Waals surface area (Å²) in [6.07, 6.45) is 8.07. The first-order valence-corrected chi connectivity index (χ1v) is 7.95. The summed E-state index contributed by atoms with van der Waals surface area (Å²) >= 11 is 0. The summed E-state index contributed by atoms with van der Waals surface area (Å²) in [5.41, 5.74) is 0.862. The van der Waals surface area contributed by atoms with Gasteiger partial charge >= 0.3 is 6.03 Å². The number of anilines is 1. The van der Waals surface area contributed by atoms with Crippen molar-refractivity contribution in [3.63, 3.8) is 0 Å². The van der Waals surface area contributed by atoms with Crippen LogP contribution in [0.3, 0.4) is 0 Å². The third kappa shape index (κ3) is 2.36. The maximum atomic E-state index is 12.6. The van der Waals surface area contributed by atoms with Crippen LogP contribution in [-0.4, -0.2) is 32.8 Å². The van der Waals surface area contributed by atoms with Gasteiger partial charge in [0.1, 0.15) is 0 Å². The normalized spacial score (nSPS) is 26.9. The molecule has 2 fully saturated rings. The Hall–Kier alpha value is -2.30. The smallest absolute Gasteiger partial charge is 0.318 e. The summed E-state index contributed by atoms with van der Waals surface area (Å²) in [6, 6.07) is 12.8. The summed E-state index contributed by atoms with van der Waals surface area (Å²) in [6.45, 7) is 0. The van der Waals surface area contributed by atoms with E-state index in [1.165, 1.54) is 0 Å². The molecule has 2 saturated heterocycles. The number of hydrogen-bond donors (Lipinski definition) is 1. The van der Waals surface area contributed by atoms with Gasteiger partial charge in [0.15, 0.2) is 0 Å². The lowest BCUT2D eigenvalue weighted by atomic mass is 9.98. The largest absolute Gasteiger partial charge is 0.322 e. The lowest BCUT2D eigenvalue weighted by molar-refractivity contribution is 0.129. The number of nitrogens with zero attached hydrogens (tertiary/aromatic N) is 3. The molecule has 0 aliphatic carbocycles. The van der Waals surface area contributed by atoms with E-state index in [4.69, 9.17) is 0 Å². The first-order valence-electron chi connectivity index (χ1n) is 7.95. The lowest BCUT2D eigenvalue weighted by Gasteiger charge is -2.38. The van der Waals surface area contributed by atoms with Gasteiger partial charge in [0.2, 0.25) is 0 Å². The van der Waals surface area contributed by atoms with Crippen LogP contribution in [0, 0.1) is 0 Å². The second-order valence-corrected chi connectivity index (χ2v) is 6.20. The predicted molar refractivity (Wildman–Crippen MR) is 84.6 cm³/mol. The van der Waals surface area contributed by atoms with Crippen molar-refractivity contribution in [1.82, 2.24) is 14.7 Å². The Bertz CT molecular complexity index is 626. The van der Waals surface area contributed by atoms with Crippen LogP contribution in [0.5, 0.6) is 0 Å². The zero-order chi connectivity index (χ0) is 14.9. The van der Waals surface area contributed by atoms with Crippen LogP contribution in [-0.2, 0) is 0 Å². The van der Waals surface area contributed by atoms with E-state index in [9.17, 15) is 4.79 Å². The van der Waals surface area contributed by atoms with Crippen molar-refractivity contribution in [3.05, 3.63) is 48.8 Å². The molecule has 2 aliphatic rings. The van der Waals surface area contributed by atoms with Gasteiger partial charge in [-0.25, -0.2) is 4.79 Å². The first kappa shape index (κ1) is 13.4. The molecule has 2 bridgehead atoms. The van der Waals surface area contributed by atoms with E-state index in [0.717, 1.165) is 31.4 Å². The zero-order valence-corrected chi connectivity index (χ0v) is 12.4. The first-order chi connectivity index (χ1) is 10.8.